The first-order chi connectivity index (χ1) is 16.8. The minimum atomic E-state index is -4.42. The molecular weight excluding hydrogens is 465 g/mol. The Labute approximate surface area is 196 Å². The number of carbonyl (C=O) groups excluding carboxylic acids is 1. The number of rotatable bonds is 7. The summed E-state index contributed by atoms with van der Waals surface area (Å²) in [4.78, 5) is 25.3. The maximum Gasteiger partial charge on any atom is 0.416 e. The molecule has 0 aliphatic carbocycles. The average Bonchev–Trinajstić information content (AvgIpc) is 3.58. The van der Waals surface area contributed by atoms with Gasteiger partial charge in [-0.05, 0) is 23.8 Å². The number of anilines is 2. The number of carbonyl (C=O) groups is 1. The number of benzene rings is 1. The molecular formula is C23H17F3N6O3. The standard InChI is InChI=1S/C23H17F3N6O3/c1-12(6-19(33)17-10-22(28-11-27-17)30-21-4-5-34-32-21)16-9-20(35-31-16)18-8-13-7-14(23(24,25)26)2-3-15(13)29-18/h2-5,7,9-12H,6,8H2,1H3,(H,27,28,30,32)/t12-/m1/s1. The van der Waals surface area contributed by atoms with E-state index < -0.39 is 11.7 Å². The molecule has 1 aliphatic rings. The van der Waals surface area contributed by atoms with Gasteiger partial charge in [-0.2, -0.15) is 13.2 Å². The monoisotopic (exact) mass is 482 g/mol. The highest BCUT2D eigenvalue weighted by Gasteiger charge is 2.32. The molecule has 3 aromatic heterocycles. The van der Waals surface area contributed by atoms with Gasteiger partial charge >= 0.3 is 6.18 Å². The fourth-order valence-electron chi connectivity index (χ4n) is 3.65. The number of aliphatic imine (C=N–C) groups is 1. The van der Waals surface area contributed by atoms with Gasteiger partial charge in [0.15, 0.2) is 17.4 Å². The zero-order chi connectivity index (χ0) is 24.6. The third kappa shape index (κ3) is 4.81. The molecule has 0 spiro atoms. The van der Waals surface area contributed by atoms with E-state index in [1.165, 1.54) is 24.7 Å². The van der Waals surface area contributed by atoms with Crippen LogP contribution in [-0.2, 0) is 12.6 Å². The lowest BCUT2D eigenvalue weighted by Gasteiger charge is -2.07. The number of ketones is 1. The molecule has 0 fully saturated rings. The Hall–Kier alpha value is -4.35. The van der Waals surface area contributed by atoms with Crippen LogP contribution in [0, 0.1) is 0 Å². The summed E-state index contributed by atoms with van der Waals surface area (Å²) in [6.07, 6.45) is -1.44. The molecule has 4 aromatic rings. The van der Waals surface area contributed by atoms with Crippen molar-refractivity contribution in [1.82, 2.24) is 20.3 Å². The van der Waals surface area contributed by atoms with Gasteiger partial charge in [0.05, 0.1) is 22.7 Å². The molecule has 178 valence electrons. The molecule has 4 heterocycles. The van der Waals surface area contributed by atoms with Crippen molar-refractivity contribution >= 4 is 28.8 Å². The lowest BCUT2D eigenvalue weighted by molar-refractivity contribution is -0.137. The molecule has 0 saturated carbocycles. The molecule has 1 aliphatic heterocycles. The van der Waals surface area contributed by atoms with E-state index in [2.05, 4.69) is 30.6 Å². The van der Waals surface area contributed by atoms with E-state index in [0.29, 0.717) is 40.1 Å². The Morgan fingerprint density at radius 2 is 1.97 bits per heavy atom. The van der Waals surface area contributed by atoms with Crippen LogP contribution in [0.5, 0.6) is 0 Å². The number of nitrogens with one attached hydrogen (secondary N) is 1. The van der Waals surface area contributed by atoms with Crippen molar-refractivity contribution in [3.05, 3.63) is 77.3 Å². The maximum absolute atomic E-state index is 13.0. The van der Waals surface area contributed by atoms with Gasteiger partial charge < -0.3 is 14.4 Å². The molecule has 9 nitrogen and oxygen atoms in total. The van der Waals surface area contributed by atoms with E-state index >= 15 is 0 Å². The minimum absolute atomic E-state index is 0.105. The molecule has 0 saturated heterocycles. The highest BCUT2D eigenvalue weighted by Crippen LogP contribution is 2.36. The first kappa shape index (κ1) is 22.4. The zero-order valence-corrected chi connectivity index (χ0v) is 18.2. The first-order valence-corrected chi connectivity index (χ1v) is 10.5. The Morgan fingerprint density at radius 3 is 2.74 bits per heavy atom. The summed E-state index contributed by atoms with van der Waals surface area (Å²) < 4.78 is 49.1. The van der Waals surface area contributed by atoms with E-state index in [1.807, 2.05) is 6.92 Å². The summed E-state index contributed by atoms with van der Waals surface area (Å²) in [6.45, 7) is 1.82. The van der Waals surface area contributed by atoms with Crippen LogP contribution in [0.4, 0.5) is 30.5 Å². The summed E-state index contributed by atoms with van der Waals surface area (Å²) >= 11 is 0. The third-order valence-corrected chi connectivity index (χ3v) is 5.48. The van der Waals surface area contributed by atoms with Crippen molar-refractivity contribution in [2.45, 2.75) is 31.9 Å². The fraction of sp³-hybridized carbons (Fsp3) is 0.217. The van der Waals surface area contributed by atoms with Crippen molar-refractivity contribution in [3.63, 3.8) is 0 Å². The largest absolute Gasteiger partial charge is 0.416 e. The molecule has 0 unspecified atom stereocenters. The number of hydrogen-bond donors (Lipinski definition) is 1. The Morgan fingerprint density at radius 1 is 1.11 bits per heavy atom. The van der Waals surface area contributed by atoms with Gasteiger partial charge in [-0.3, -0.25) is 4.79 Å². The van der Waals surface area contributed by atoms with Crippen molar-refractivity contribution < 1.29 is 27.0 Å². The molecule has 1 atom stereocenters. The molecule has 1 N–H and O–H groups in total. The molecule has 0 radical (unpaired) electrons. The van der Waals surface area contributed by atoms with Crippen LogP contribution < -0.4 is 5.32 Å². The maximum atomic E-state index is 13.0. The van der Waals surface area contributed by atoms with Gasteiger partial charge in [-0.1, -0.05) is 17.2 Å². The summed E-state index contributed by atoms with van der Waals surface area (Å²) in [5.41, 5.74) is 1.44. The van der Waals surface area contributed by atoms with Crippen LogP contribution in [0.3, 0.4) is 0 Å². The Bertz CT molecular complexity index is 1410. The molecule has 35 heavy (non-hydrogen) atoms. The number of aromatic nitrogens is 4. The summed E-state index contributed by atoms with van der Waals surface area (Å²) in [7, 11) is 0. The summed E-state index contributed by atoms with van der Waals surface area (Å²) in [6, 6.07) is 8.22. The quantitative estimate of drug-likeness (QED) is 0.354. The van der Waals surface area contributed by atoms with E-state index in [1.54, 1.807) is 12.1 Å². The minimum Gasteiger partial charge on any atom is -0.363 e. The normalized spacial score (nSPS) is 13.9. The van der Waals surface area contributed by atoms with Crippen molar-refractivity contribution in [2.24, 2.45) is 4.99 Å². The lowest BCUT2D eigenvalue weighted by Crippen LogP contribution is -2.08. The predicted octanol–water partition coefficient (Wildman–Crippen LogP) is 5.27. The van der Waals surface area contributed by atoms with Crippen LogP contribution in [0.15, 0.2) is 63.0 Å². The SMILES string of the molecule is C[C@H](CC(=O)c1cc(Nc2ccon2)ncn1)c1cc(C2=Nc3ccc(C(F)(F)F)cc3C2)on1. The smallest absolute Gasteiger partial charge is 0.363 e. The topological polar surface area (TPSA) is 119 Å². The number of Topliss-reactive ketones (excluding diaryl/α,β-unsaturated/α-hetero) is 1. The van der Waals surface area contributed by atoms with Crippen LogP contribution in [0.2, 0.25) is 0 Å². The predicted molar refractivity (Wildman–Crippen MR) is 117 cm³/mol. The van der Waals surface area contributed by atoms with Crippen LogP contribution >= 0.6 is 0 Å². The summed E-state index contributed by atoms with van der Waals surface area (Å²) in [5.74, 6) is 0.657. The van der Waals surface area contributed by atoms with Gasteiger partial charge in [0, 0.05) is 37.0 Å². The van der Waals surface area contributed by atoms with Gasteiger partial charge in [-0.25, -0.2) is 15.0 Å². The molecule has 5 rings (SSSR count). The van der Waals surface area contributed by atoms with E-state index in [9.17, 15) is 18.0 Å². The highest BCUT2D eigenvalue weighted by atomic mass is 19.4. The van der Waals surface area contributed by atoms with E-state index in [-0.39, 0.29) is 30.2 Å². The van der Waals surface area contributed by atoms with Crippen molar-refractivity contribution in [1.29, 1.82) is 0 Å². The second-order valence-electron chi connectivity index (χ2n) is 8.02. The highest BCUT2D eigenvalue weighted by molar-refractivity contribution is 6.04. The Kier molecular flexibility index (Phi) is 5.63. The fourth-order valence-corrected chi connectivity index (χ4v) is 3.65. The van der Waals surface area contributed by atoms with Crippen LogP contribution in [0.1, 0.15) is 52.3 Å². The molecule has 12 heteroatoms. The number of halogens is 3. The Balaban J connectivity index is 1.25. The van der Waals surface area contributed by atoms with Crippen molar-refractivity contribution in [2.75, 3.05) is 5.32 Å². The second-order valence-corrected chi connectivity index (χ2v) is 8.02. The third-order valence-electron chi connectivity index (χ3n) is 5.48. The van der Waals surface area contributed by atoms with Gasteiger partial charge in [0.2, 0.25) is 0 Å². The van der Waals surface area contributed by atoms with Crippen LogP contribution in [0.25, 0.3) is 0 Å². The lowest BCUT2D eigenvalue weighted by atomic mass is 9.98. The summed E-state index contributed by atoms with van der Waals surface area (Å²) in [5, 5.41) is 10.7. The number of nitrogens with zero attached hydrogens (tertiary/aromatic N) is 5. The van der Waals surface area contributed by atoms with E-state index in [0.717, 1.165) is 12.1 Å². The van der Waals surface area contributed by atoms with E-state index in [4.69, 9.17) is 9.05 Å². The number of fused-ring (bicyclic) bond motifs is 1. The molecule has 1 aromatic carbocycles. The average molecular weight is 482 g/mol. The van der Waals surface area contributed by atoms with Crippen molar-refractivity contribution in [3.8, 4) is 0 Å². The molecule has 0 bridgehead atoms. The van der Waals surface area contributed by atoms with Gasteiger partial charge in [0.25, 0.3) is 0 Å². The zero-order valence-electron chi connectivity index (χ0n) is 18.2. The number of hydrogen-bond acceptors (Lipinski definition) is 9. The number of alkyl halides is 3. The first-order valence-electron chi connectivity index (χ1n) is 10.5. The van der Waals surface area contributed by atoms with Crippen LogP contribution in [-0.4, -0.2) is 31.8 Å². The second kappa shape index (κ2) is 8.78. The van der Waals surface area contributed by atoms with Gasteiger partial charge in [0.1, 0.15) is 24.1 Å². The van der Waals surface area contributed by atoms with Gasteiger partial charge in [-0.15, -0.1) is 0 Å². The molecule has 0 amide bonds.